The Balaban J connectivity index is 1.96. The number of aryl methyl sites for hydroxylation is 2. The van der Waals surface area contributed by atoms with E-state index in [-0.39, 0.29) is 6.42 Å². The van der Waals surface area contributed by atoms with E-state index < -0.39 is 23.8 Å². The first-order valence-electron chi connectivity index (χ1n) is 8.20. The number of methoxy groups -OCH3 is 1. The van der Waals surface area contributed by atoms with Crippen molar-refractivity contribution in [1.29, 1.82) is 0 Å². The van der Waals surface area contributed by atoms with E-state index in [4.69, 9.17) is 9.47 Å². The molecule has 1 N–H and O–H groups in total. The number of halogens is 1. The van der Waals surface area contributed by atoms with E-state index in [0.717, 1.165) is 5.56 Å². The molecule has 0 bridgehead atoms. The van der Waals surface area contributed by atoms with Gasteiger partial charge in [0.05, 0.1) is 13.5 Å². The maximum atomic E-state index is 13.5. The fourth-order valence-corrected chi connectivity index (χ4v) is 2.41. The molecule has 0 unspecified atom stereocenters. The van der Waals surface area contributed by atoms with Crippen LogP contribution in [0.2, 0.25) is 0 Å². The number of hydrogen-bond donors (Lipinski definition) is 1. The van der Waals surface area contributed by atoms with E-state index in [1.807, 2.05) is 19.1 Å². The number of esters is 1. The van der Waals surface area contributed by atoms with Crippen LogP contribution in [0.25, 0.3) is 0 Å². The second-order valence-electron chi connectivity index (χ2n) is 6.08. The van der Waals surface area contributed by atoms with Gasteiger partial charge in [0.25, 0.3) is 5.91 Å². The number of nitrogens with one attached hydrogen (secondary N) is 1. The van der Waals surface area contributed by atoms with E-state index in [1.165, 1.54) is 20.1 Å². The van der Waals surface area contributed by atoms with Crippen LogP contribution >= 0.6 is 0 Å². The fraction of sp³-hybridized carbons (Fsp3) is 0.300. The smallest absolute Gasteiger partial charge is 0.311 e. The highest BCUT2D eigenvalue weighted by atomic mass is 19.1. The van der Waals surface area contributed by atoms with Crippen molar-refractivity contribution in [1.82, 2.24) is 0 Å². The van der Waals surface area contributed by atoms with Crippen molar-refractivity contribution in [2.24, 2.45) is 0 Å². The standard InChI is InChI=1S/C20H22FNO4/c1-12-5-8-18(25-4)15(9-12)10-19(23)26-14(3)20(24)22-16-7-6-13(2)17(21)11-16/h5-9,11,14H,10H2,1-4H3,(H,22,24)/t14-/m1/s1. The number of hydrogen-bond acceptors (Lipinski definition) is 4. The molecular formula is C20H22FNO4. The zero-order valence-corrected chi connectivity index (χ0v) is 15.3. The van der Waals surface area contributed by atoms with Crippen LogP contribution in [-0.2, 0) is 20.7 Å². The lowest BCUT2D eigenvalue weighted by molar-refractivity contribution is -0.152. The zero-order chi connectivity index (χ0) is 19.3. The molecule has 0 aliphatic rings. The molecule has 0 heterocycles. The Kier molecular flexibility index (Phi) is 6.33. The lowest BCUT2D eigenvalue weighted by Gasteiger charge is -2.15. The Morgan fingerprint density at radius 3 is 2.54 bits per heavy atom. The second kappa shape index (κ2) is 8.47. The highest BCUT2D eigenvalue weighted by molar-refractivity contribution is 5.95. The molecule has 0 saturated heterocycles. The van der Waals surface area contributed by atoms with Crippen LogP contribution in [0.5, 0.6) is 5.75 Å². The molecule has 2 aromatic rings. The van der Waals surface area contributed by atoms with Gasteiger partial charge in [-0.25, -0.2) is 4.39 Å². The van der Waals surface area contributed by atoms with Gasteiger partial charge < -0.3 is 14.8 Å². The molecule has 2 aromatic carbocycles. The molecule has 5 nitrogen and oxygen atoms in total. The largest absolute Gasteiger partial charge is 0.496 e. The van der Waals surface area contributed by atoms with Crippen molar-refractivity contribution in [3.8, 4) is 5.75 Å². The molecule has 1 amide bonds. The number of benzene rings is 2. The lowest BCUT2D eigenvalue weighted by Crippen LogP contribution is -2.30. The first-order valence-corrected chi connectivity index (χ1v) is 8.20. The molecule has 1 atom stereocenters. The summed E-state index contributed by atoms with van der Waals surface area (Å²) in [6.07, 6.45) is -1.02. The van der Waals surface area contributed by atoms with Gasteiger partial charge in [-0.05, 0) is 44.5 Å². The molecule has 0 aliphatic heterocycles. The molecule has 26 heavy (non-hydrogen) atoms. The summed E-state index contributed by atoms with van der Waals surface area (Å²) in [5.74, 6) is -0.914. The Labute approximate surface area is 152 Å². The van der Waals surface area contributed by atoms with Crippen molar-refractivity contribution in [2.75, 3.05) is 12.4 Å². The molecule has 0 radical (unpaired) electrons. The molecule has 0 aliphatic carbocycles. The first kappa shape index (κ1) is 19.4. The zero-order valence-electron chi connectivity index (χ0n) is 15.3. The van der Waals surface area contributed by atoms with Gasteiger partial charge in [0.2, 0.25) is 0 Å². The Hall–Kier alpha value is -2.89. The third kappa shape index (κ3) is 5.05. The van der Waals surface area contributed by atoms with Crippen molar-refractivity contribution in [3.63, 3.8) is 0 Å². The topological polar surface area (TPSA) is 64.6 Å². The van der Waals surface area contributed by atoms with Crippen LogP contribution in [0.3, 0.4) is 0 Å². The van der Waals surface area contributed by atoms with Gasteiger partial charge in [0.15, 0.2) is 6.10 Å². The van der Waals surface area contributed by atoms with E-state index >= 15 is 0 Å². The number of carbonyl (C=O) groups excluding carboxylic acids is 2. The van der Waals surface area contributed by atoms with Crippen LogP contribution in [0.15, 0.2) is 36.4 Å². The lowest BCUT2D eigenvalue weighted by atomic mass is 10.1. The summed E-state index contributed by atoms with van der Waals surface area (Å²) in [5, 5.41) is 2.53. The minimum absolute atomic E-state index is 0.0123. The van der Waals surface area contributed by atoms with Gasteiger partial charge in [-0.2, -0.15) is 0 Å². The van der Waals surface area contributed by atoms with Crippen LogP contribution in [0.4, 0.5) is 10.1 Å². The normalized spacial score (nSPS) is 11.6. The summed E-state index contributed by atoms with van der Waals surface area (Å²) in [6, 6.07) is 9.86. The number of rotatable bonds is 6. The summed E-state index contributed by atoms with van der Waals surface area (Å²) in [6.45, 7) is 5.00. The summed E-state index contributed by atoms with van der Waals surface area (Å²) < 4.78 is 24.0. The third-order valence-electron chi connectivity index (χ3n) is 3.89. The minimum atomic E-state index is -1.01. The van der Waals surface area contributed by atoms with Crippen molar-refractivity contribution in [3.05, 3.63) is 58.9 Å². The van der Waals surface area contributed by atoms with Crippen LogP contribution < -0.4 is 10.1 Å². The fourth-order valence-electron chi connectivity index (χ4n) is 2.41. The molecule has 0 fully saturated rings. The van der Waals surface area contributed by atoms with Gasteiger partial charge in [-0.15, -0.1) is 0 Å². The quantitative estimate of drug-likeness (QED) is 0.801. The van der Waals surface area contributed by atoms with Crippen LogP contribution in [-0.4, -0.2) is 25.1 Å². The van der Waals surface area contributed by atoms with Crippen LogP contribution in [0.1, 0.15) is 23.6 Å². The maximum Gasteiger partial charge on any atom is 0.311 e. The molecule has 0 aromatic heterocycles. The number of anilines is 1. The average molecular weight is 359 g/mol. The predicted molar refractivity (Wildman–Crippen MR) is 96.8 cm³/mol. The van der Waals surface area contributed by atoms with Crippen LogP contribution in [0, 0.1) is 19.7 Å². The van der Waals surface area contributed by atoms with Crippen molar-refractivity contribution in [2.45, 2.75) is 33.3 Å². The predicted octanol–water partition coefficient (Wildman–Crippen LogP) is 3.56. The second-order valence-corrected chi connectivity index (χ2v) is 6.08. The van der Waals surface area contributed by atoms with E-state index in [0.29, 0.717) is 22.6 Å². The van der Waals surface area contributed by atoms with Gasteiger partial charge >= 0.3 is 5.97 Å². The highest BCUT2D eigenvalue weighted by Gasteiger charge is 2.19. The minimum Gasteiger partial charge on any atom is -0.496 e. The molecule has 6 heteroatoms. The van der Waals surface area contributed by atoms with Crippen molar-refractivity contribution < 1.29 is 23.5 Å². The van der Waals surface area contributed by atoms with Crippen molar-refractivity contribution >= 4 is 17.6 Å². The SMILES string of the molecule is COc1ccc(C)cc1CC(=O)O[C@H](C)C(=O)Nc1ccc(C)c(F)c1. The van der Waals surface area contributed by atoms with E-state index in [9.17, 15) is 14.0 Å². The number of ether oxygens (including phenoxy) is 2. The molecule has 0 spiro atoms. The summed E-state index contributed by atoms with van der Waals surface area (Å²) in [7, 11) is 1.52. The number of carbonyl (C=O) groups is 2. The van der Waals surface area contributed by atoms with Gasteiger partial charge in [-0.3, -0.25) is 9.59 Å². The Morgan fingerprint density at radius 2 is 1.88 bits per heavy atom. The Morgan fingerprint density at radius 1 is 1.15 bits per heavy atom. The average Bonchev–Trinajstić information content (AvgIpc) is 2.58. The molecule has 0 saturated carbocycles. The molecule has 2 rings (SSSR count). The maximum absolute atomic E-state index is 13.5. The third-order valence-corrected chi connectivity index (χ3v) is 3.89. The monoisotopic (exact) mass is 359 g/mol. The molecular weight excluding hydrogens is 337 g/mol. The van der Waals surface area contributed by atoms with Gasteiger partial charge in [-0.1, -0.05) is 23.8 Å². The highest BCUT2D eigenvalue weighted by Crippen LogP contribution is 2.21. The summed E-state index contributed by atoms with van der Waals surface area (Å²) >= 11 is 0. The summed E-state index contributed by atoms with van der Waals surface area (Å²) in [4.78, 5) is 24.3. The molecule has 138 valence electrons. The first-order chi connectivity index (χ1) is 12.3. The summed E-state index contributed by atoms with van der Waals surface area (Å²) in [5.41, 5.74) is 2.46. The van der Waals surface area contributed by atoms with Gasteiger partial charge in [0.1, 0.15) is 11.6 Å². The van der Waals surface area contributed by atoms with Gasteiger partial charge in [0, 0.05) is 11.3 Å². The van der Waals surface area contributed by atoms with E-state index in [1.54, 1.807) is 25.1 Å². The Bertz CT molecular complexity index is 819. The number of amides is 1. The van der Waals surface area contributed by atoms with E-state index in [2.05, 4.69) is 5.32 Å².